The number of carbonyl (C=O) groups excluding carboxylic acids is 1. The molecule has 0 bridgehead atoms. The van der Waals surface area contributed by atoms with Gasteiger partial charge in [-0.3, -0.25) is 9.69 Å². The molecule has 94 valence electrons. The van der Waals surface area contributed by atoms with Gasteiger partial charge in [0.25, 0.3) is 0 Å². The van der Waals surface area contributed by atoms with Crippen molar-refractivity contribution in [2.75, 3.05) is 6.54 Å². The average molecular weight is 266 g/mol. The fourth-order valence-electron chi connectivity index (χ4n) is 1.32. The van der Waals surface area contributed by atoms with Crippen molar-refractivity contribution in [3.8, 4) is 0 Å². The monoisotopic (exact) mass is 265 g/mol. The van der Waals surface area contributed by atoms with E-state index in [4.69, 9.17) is 16.7 Å². The van der Waals surface area contributed by atoms with E-state index in [9.17, 15) is 9.59 Å². The maximum atomic E-state index is 12.0. The number of amides is 1. The number of halogens is 1. The Bertz CT molecular complexity index is 493. The number of nitrogens with zero attached hydrogens (tertiary/aromatic N) is 1. The molecule has 4 nitrogen and oxygen atoms in total. The number of ketones is 1. The normalized spacial score (nSPS) is 9.61. The van der Waals surface area contributed by atoms with E-state index in [1.807, 2.05) is 0 Å². The third kappa shape index (κ3) is 3.21. The minimum absolute atomic E-state index is 0.00744. The lowest BCUT2D eigenvalue weighted by molar-refractivity contribution is 0.0982. The summed E-state index contributed by atoms with van der Waals surface area (Å²) in [5.41, 5.74) is 0.212. The van der Waals surface area contributed by atoms with Gasteiger partial charge in [0.1, 0.15) is 0 Å². The fourth-order valence-corrected chi connectivity index (χ4v) is 1.45. The Labute approximate surface area is 110 Å². The largest absolute Gasteiger partial charge is 0.465 e. The average Bonchev–Trinajstić information content (AvgIpc) is 2.35. The minimum Gasteiger partial charge on any atom is -0.465 e. The second kappa shape index (κ2) is 6.02. The van der Waals surface area contributed by atoms with Crippen LogP contribution >= 0.6 is 11.6 Å². The van der Waals surface area contributed by atoms with E-state index in [0.717, 1.165) is 4.90 Å². The number of carboxylic acid groups (broad SMARTS) is 1. The molecule has 1 N–H and O–H groups in total. The molecular weight excluding hydrogens is 254 g/mol. The van der Waals surface area contributed by atoms with Gasteiger partial charge in [-0.2, -0.15) is 0 Å². The summed E-state index contributed by atoms with van der Waals surface area (Å²) in [5, 5.41) is 9.46. The predicted octanol–water partition coefficient (Wildman–Crippen LogP) is 3.20. The Morgan fingerprint density at radius 3 is 2.33 bits per heavy atom. The van der Waals surface area contributed by atoms with Gasteiger partial charge >= 0.3 is 6.09 Å². The molecule has 1 amide bonds. The molecule has 0 saturated heterocycles. The van der Waals surface area contributed by atoms with Crippen LogP contribution in [0.15, 0.2) is 49.2 Å². The number of hydrogen-bond donors (Lipinski definition) is 1. The molecule has 0 atom stereocenters. The summed E-state index contributed by atoms with van der Waals surface area (Å²) in [6.45, 7) is 6.95. The number of benzene rings is 1. The van der Waals surface area contributed by atoms with Crippen molar-refractivity contribution in [3.63, 3.8) is 0 Å². The van der Waals surface area contributed by atoms with Gasteiger partial charge in [-0.1, -0.05) is 24.3 Å². The number of allylic oxidation sites excluding steroid dienone is 1. The highest BCUT2D eigenvalue weighted by Gasteiger charge is 2.21. The van der Waals surface area contributed by atoms with Crippen LogP contribution in [0.4, 0.5) is 4.79 Å². The number of Topliss-reactive ketones (excluding diaryl/α,β-unsaturated/α-hetero) is 1. The molecule has 0 aromatic heterocycles. The zero-order chi connectivity index (χ0) is 13.7. The van der Waals surface area contributed by atoms with Gasteiger partial charge in [-0.05, 0) is 24.3 Å². The highest BCUT2D eigenvalue weighted by molar-refractivity contribution is 6.30. The topological polar surface area (TPSA) is 57.6 Å². The number of carbonyl (C=O) groups is 2. The summed E-state index contributed by atoms with van der Waals surface area (Å²) < 4.78 is 0. The van der Waals surface area contributed by atoms with E-state index in [1.54, 1.807) is 12.1 Å². The molecule has 1 aromatic rings. The molecule has 0 unspecified atom stereocenters. The first kappa shape index (κ1) is 14.0. The van der Waals surface area contributed by atoms with Crippen molar-refractivity contribution in [1.82, 2.24) is 4.90 Å². The SMILES string of the molecule is C=CCN(C(=C)C(=O)c1ccc(Cl)cc1)C(=O)O. The Balaban J connectivity index is 2.95. The summed E-state index contributed by atoms with van der Waals surface area (Å²) in [7, 11) is 0. The molecule has 0 saturated carbocycles. The van der Waals surface area contributed by atoms with Gasteiger partial charge < -0.3 is 5.11 Å². The Morgan fingerprint density at radius 1 is 1.33 bits per heavy atom. The van der Waals surface area contributed by atoms with Crippen LogP contribution in [0.25, 0.3) is 0 Å². The van der Waals surface area contributed by atoms with Crippen molar-refractivity contribution in [2.45, 2.75) is 0 Å². The first-order valence-electron chi connectivity index (χ1n) is 5.08. The molecule has 0 heterocycles. The van der Waals surface area contributed by atoms with Crippen LogP contribution in [0.2, 0.25) is 5.02 Å². The van der Waals surface area contributed by atoms with Crippen molar-refractivity contribution >= 4 is 23.5 Å². The van der Waals surface area contributed by atoms with Crippen LogP contribution in [0.5, 0.6) is 0 Å². The second-order valence-corrected chi connectivity index (χ2v) is 3.90. The molecule has 18 heavy (non-hydrogen) atoms. The van der Waals surface area contributed by atoms with E-state index in [2.05, 4.69) is 13.2 Å². The van der Waals surface area contributed by atoms with E-state index >= 15 is 0 Å². The fraction of sp³-hybridized carbons (Fsp3) is 0.0769. The molecule has 0 radical (unpaired) electrons. The van der Waals surface area contributed by atoms with Gasteiger partial charge in [-0.25, -0.2) is 4.79 Å². The minimum atomic E-state index is -1.25. The van der Waals surface area contributed by atoms with Crippen molar-refractivity contribution < 1.29 is 14.7 Å². The maximum absolute atomic E-state index is 12.0. The molecule has 1 aromatic carbocycles. The van der Waals surface area contributed by atoms with Crippen molar-refractivity contribution in [3.05, 3.63) is 59.8 Å². The Hall–Kier alpha value is -2.07. The third-order valence-electron chi connectivity index (χ3n) is 2.24. The van der Waals surface area contributed by atoms with Gasteiger partial charge in [0, 0.05) is 17.1 Å². The van der Waals surface area contributed by atoms with Crippen molar-refractivity contribution in [2.24, 2.45) is 0 Å². The Morgan fingerprint density at radius 2 is 1.89 bits per heavy atom. The van der Waals surface area contributed by atoms with E-state index in [-0.39, 0.29) is 12.2 Å². The van der Waals surface area contributed by atoms with Crippen LogP contribution in [-0.4, -0.2) is 28.4 Å². The van der Waals surface area contributed by atoms with Crippen LogP contribution in [0, 0.1) is 0 Å². The highest BCUT2D eigenvalue weighted by Crippen LogP contribution is 2.15. The summed E-state index contributed by atoms with van der Waals surface area (Å²) in [6.07, 6.45) is 0.135. The predicted molar refractivity (Wildman–Crippen MR) is 69.9 cm³/mol. The van der Waals surface area contributed by atoms with Crippen molar-refractivity contribution in [1.29, 1.82) is 0 Å². The zero-order valence-electron chi connectivity index (χ0n) is 9.60. The smallest absolute Gasteiger partial charge is 0.412 e. The number of rotatable bonds is 5. The summed E-state index contributed by atoms with van der Waals surface area (Å²) in [4.78, 5) is 23.8. The lowest BCUT2D eigenvalue weighted by atomic mass is 10.1. The second-order valence-electron chi connectivity index (χ2n) is 3.46. The van der Waals surface area contributed by atoms with E-state index in [0.29, 0.717) is 10.6 Å². The van der Waals surface area contributed by atoms with E-state index < -0.39 is 11.9 Å². The van der Waals surface area contributed by atoms with Crippen LogP contribution in [0.1, 0.15) is 10.4 Å². The molecule has 0 aliphatic heterocycles. The highest BCUT2D eigenvalue weighted by atomic mass is 35.5. The van der Waals surface area contributed by atoms with Gasteiger partial charge in [0.15, 0.2) is 0 Å². The van der Waals surface area contributed by atoms with Crippen LogP contribution in [0.3, 0.4) is 0 Å². The third-order valence-corrected chi connectivity index (χ3v) is 2.49. The molecule has 0 aliphatic rings. The summed E-state index contributed by atoms with van der Waals surface area (Å²) in [5.74, 6) is -0.462. The van der Waals surface area contributed by atoms with Gasteiger partial charge in [-0.15, -0.1) is 6.58 Å². The number of hydrogen-bond acceptors (Lipinski definition) is 2. The Kier molecular flexibility index (Phi) is 4.68. The lowest BCUT2D eigenvalue weighted by Crippen LogP contribution is -2.32. The van der Waals surface area contributed by atoms with E-state index in [1.165, 1.54) is 18.2 Å². The molecule has 5 heteroatoms. The zero-order valence-corrected chi connectivity index (χ0v) is 10.4. The molecular formula is C13H12ClNO3. The first-order valence-corrected chi connectivity index (χ1v) is 5.45. The first-order chi connectivity index (χ1) is 8.47. The molecule has 0 fully saturated rings. The van der Waals surface area contributed by atoms with Gasteiger partial charge in [0.2, 0.25) is 5.78 Å². The van der Waals surface area contributed by atoms with Crippen LogP contribution in [-0.2, 0) is 0 Å². The summed E-state index contributed by atoms with van der Waals surface area (Å²) >= 11 is 5.71. The molecule has 1 rings (SSSR count). The van der Waals surface area contributed by atoms with Crippen LogP contribution < -0.4 is 0 Å². The quantitative estimate of drug-likeness (QED) is 0.505. The lowest BCUT2D eigenvalue weighted by Gasteiger charge is -2.18. The molecule has 0 spiro atoms. The maximum Gasteiger partial charge on any atom is 0.412 e. The standard InChI is InChI=1S/C13H12ClNO3/c1-3-8-15(13(17)18)9(2)12(16)10-4-6-11(14)7-5-10/h3-7H,1-2,8H2,(H,17,18). The molecule has 0 aliphatic carbocycles. The van der Waals surface area contributed by atoms with Gasteiger partial charge in [0.05, 0.1) is 5.70 Å². The summed E-state index contributed by atoms with van der Waals surface area (Å²) in [6, 6.07) is 6.15.